The second-order valence-corrected chi connectivity index (χ2v) is 6.69. The van der Waals surface area contributed by atoms with Gasteiger partial charge in [-0.1, -0.05) is 18.2 Å². The van der Waals surface area contributed by atoms with Gasteiger partial charge in [-0.15, -0.1) is 0 Å². The van der Waals surface area contributed by atoms with Crippen LogP contribution < -0.4 is 14.2 Å². The predicted molar refractivity (Wildman–Crippen MR) is 105 cm³/mol. The van der Waals surface area contributed by atoms with Crippen molar-refractivity contribution in [2.45, 2.75) is 19.4 Å². The molecule has 0 saturated carbocycles. The van der Waals surface area contributed by atoms with Crippen molar-refractivity contribution < 1.29 is 24.1 Å². The van der Waals surface area contributed by atoms with Gasteiger partial charge in [-0.3, -0.25) is 4.79 Å². The van der Waals surface area contributed by atoms with Gasteiger partial charge in [-0.05, 0) is 44.2 Å². The number of phenols is 1. The van der Waals surface area contributed by atoms with Crippen molar-refractivity contribution in [3.8, 4) is 23.0 Å². The van der Waals surface area contributed by atoms with E-state index in [4.69, 9.17) is 14.2 Å². The molecular formula is C22H22O5. The van der Waals surface area contributed by atoms with Gasteiger partial charge in [0.05, 0.1) is 19.8 Å². The molecule has 2 aromatic carbocycles. The molecule has 5 nitrogen and oxygen atoms in total. The van der Waals surface area contributed by atoms with E-state index in [9.17, 15) is 9.90 Å². The summed E-state index contributed by atoms with van der Waals surface area (Å²) in [6, 6.07) is 8.98. The molecule has 27 heavy (non-hydrogen) atoms. The minimum atomic E-state index is -0.500. The molecule has 0 unspecified atom stereocenters. The zero-order valence-corrected chi connectivity index (χ0v) is 15.8. The number of phenolic OH excluding ortho intramolecular Hbond substituents is 1. The highest BCUT2D eigenvalue weighted by Crippen LogP contribution is 2.43. The summed E-state index contributed by atoms with van der Waals surface area (Å²) in [4.78, 5) is 12.8. The van der Waals surface area contributed by atoms with E-state index in [0.29, 0.717) is 17.1 Å². The van der Waals surface area contributed by atoms with Gasteiger partial charge in [-0.25, -0.2) is 0 Å². The summed E-state index contributed by atoms with van der Waals surface area (Å²) in [6.07, 6.45) is 6.63. The third-order valence-electron chi connectivity index (χ3n) is 4.31. The van der Waals surface area contributed by atoms with Crippen LogP contribution in [0, 0.1) is 0 Å². The average molecular weight is 366 g/mol. The third-order valence-corrected chi connectivity index (χ3v) is 4.31. The Hall–Kier alpha value is -3.21. The zero-order valence-electron chi connectivity index (χ0n) is 15.8. The largest absolute Gasteiger partial charge is 0.506 e. The molecule has 1 aliphatic rings. The second kappa shape index (κ2) is 7.19. The molecule has 0 bridgehead atoms. The standard InChI is InChI=1S/C22H22O5/c1-22(2)12-11-15-18(27-22)13-19(26-4)20(21(15)24)16(23)10-9-14-7-5-6-8-17(14)25-3/h5-13,24H,1-4H3/b10-9+. The molecule has 1 aliphatic heterocycles. The van der Waals surface area contributed by atoms with Gasteiger partial charge in [-0.2, -0.15) is 0 Å². The first-order chi connectivity index (χ1) is 12.9. The highest BCUT2D eigenvalue weighted by atomic mass is 16.5. The van der Waals surface area contributed by atoms with E-state index >= 15 is 0 Å². The molecule has 3 rings (SSSR count). The van der Waals surface area contributed by atoms with E-state index in [0.717, 1.165) is 5.56 Å². The van der Waals surface area contributed by atoms with Crippen molar-refractivity contribution in [3.05, 3.63) is 59.2 Å². The van der Waals surface area contributed by atoms with E-state index in [1.807, 2.05) is 44.2 Å². The number of para-hydroxylation sites is 1. The number of carbonyl (C=O) groups is 1. The van der Waals surface area contributed by atoms with Crippen LogP contribution in [0.2, 0.25) is 0 Å². The lowest BCUT2D eigenvalue weighted by atomic mass is 9.97. The number of allylic oxidation sites excluding steroid dienone is 1. The molecule has 5 heteroatoms. The topological polar surface area (TPSA) is 65.0 Å². The summed E-state index contributed by atoms with van der Waals surface area (Å²) in [7, 11) is 3.02. The summed E-state index contributed by atoms with van der Waals surface area (Å²) in [5.74, 6) is 0.845. The Morgan fingerprint density at radius 1 is 1.15 bits per heavy atom. The fraction of sp³-hybridized carbons (Fsp3) is 0.227. The number of ether oxygens (including phenoxy) is 3. The number of ketones is 1. The van der Waals surface area contributed by atoms with Crippen molar-refractivity contribution >= 4 is 17.9 Å². The molecule has 0 atom stereocenters. The molecule has 0 amide bonds. The number of carbonyl (C=O) groups excluding carboxylic acids is 1. The fourth-order valence-electron chi connectivity index (χ4n) is 2.94. The zero-order chi connectivity index (χ0) is 19.6. The molecule has 2 aromatic rings. The van der Waals surface area contributed by atoms with Crippen LogP contribution in [0.4, 0.5) is 0 Å². The van der Waals surface area contributed by atoms with Gasteiger partial charge in [0.15, 0.2) is 5.78 Å². The van der Waals surface area contributed by atoms with Gasteiger partial charge in [0.25, 0.3) is 0 Å². The Morgan fingerprint density at radius 3 is 2.56 bits per heavy atom. The first kappa shape index (κ1) is 18.6. The summed E-state index contributed by atoms with van der Waals surface area (Å²) < 4.78 is 16.5. The normalized spacial score (nSPS) is 14.5. The molecule has 0 aliphatic carbocycles. The molecule has 140 valence electrons. The van der Waals surface area contributed by atoms with Crippen LogP contribution in [-0.4, -0.2) is 30.7 Å². The Bertz CT molecular complexity index is 938. The Balaban J connectivity index is 2.01. The molecule has 0 aromatic heterocycles. The summed E-state index contributed by atoms with van der Waals surface area (Å²) >= 11 is 0. The van der Waals surface area contributed by atoms with E-state index in [2.05, 4.69) is 0 Å². The van der Waals surface area contributed by atoms with Gasteiger partial charge >= 0.3 is 0 Å². The predicted octanol–water partition coefficient (Wildman–Crippen LogP) is 4.49. The molecule has 1 heterocycles. The quantitative estimate of drug-likeness (QED) is 0.624. The number of hydrogen-bond acceptors (Lipinski definition) is 5. The van der Waals surface area contributed by atoms with E-state index < -0.39 is 5.60 Å². The van der Waals surface area contributed by atoms with Crippen molar-refractivity contribution in [3.63, 3.8) is 0 Å². The molecule has 0 fully saturated rings. The third kappa shape index (κ3) is 3.67. The molecule has 0 saturated heterocycles. The first-order valence-electron chi connectivity index (χ1n) is 8.54. The lowest BCUT2D eigenvalue weighted by Crippen LogP contribution is -2.27. The second-order valence-electron chi connectivity index (χ2n) is 6.69. The maximum atomic E-state index is 12.8. The average Bonchev–Trinajstić information content (AvgIpc) is 2.65. The van der Waals surface area contributed by atoms with E-state index in [1.165, 1.54) is 13.2 Å². The first-order valence-corrected chi connectivity index (χ1v) is 8.54. The van der Waals surface area contributed by atoms with Crippen LogP contribution in [0.5, 0.6) is 23.0 Å². The van der Waals surface area contributed by atoms with Gasteiger partial charge in [0.1, 0.15) is 34.2 Å². The maximum absolute atomic E-state index is 12.8. The minimum absolute atomic E-state index is 0.0929. The van der Waals surface area contributed by atoms with E-state index in [-0.39, 0.29) is 22.8 Å². The number of fused-ring (bicyclic) bond motifs is 1. The van der Waals surface area contributed by atoms with Crippen molar-refractivity contribution in [2.75, 3.05) is 14.2 Å². The number of hydrogen-bond donors (Lipinski definition) is 1. The SMILES string of the molecule is COc1ccccc1/C=C/C(=O)c1c(OC)cc2c(c1O)C=CC(C)(C)O2. The Morgan fingerprint density at radius 2 is 1.85 bits per heavy atom. The minimum Gasteiger partial charge on any atom is -0.506 e. The highest BCUT2D eigenvalue weighted by molar-refractivity contribution is 6.11. The van der Waals surface area contributed by atoms with Crippen molar-refractivity contribution in [1.29, 1.82) is 0 Å². The van der Waals surface area contributed by atoms with Gasteiger partial charge in [0.2, 0.25) is 0 Å². The molecule has 0 radical (unpaired) electrons. The van der Waals surface area contributed by atoms with Crippen LogP contribution in [0.15, 0.2) is 42.5 Å². The van der Waals surface area contributed by atoms with Crippen LogP contribution in [-0.2, 0) is 0 Å². The summed E-state index contributed by atoms with van der Waals surface area (Å²) in [6.45, 7) is 3.82. The number of methoxy groups -OCH3 is 2. The molecular weight excluding hydrogens is 344 g/mol. The van der Waals surface area contributed by atoms with Crippen LogP contribution in [0.3, 0.4) is 0 Å². The Labute approximate surface area is 158 Å². The van der Waals surface area contributed by atoms with Gasteiger partial charge < -0.3 is 19.3 Å². The van der Waals surface area contributed by atoms with Crippen molar-refractivity contribution in [2.24, 2.45) is 0 Å². The maximum Gasteiger partial charge on any atom is 0.193 e. The number of rotatable bonds is 5. The molecule has 1 N–H and O–H groups in total. The number of benzene rings is 2. The lowest BCUT2D eigenvalue weighted by molar-refractivity contribution is 0.104. The summed E-state index contributed by atoms with van der Waals surface area (Å²) in [5, 5.41) is 10.7. The fourth-order valence-corrected chi connectivity index (χ4v) is 2.94. The smallest absolute Gasteiger partial charge is 0.193 e. The number of aromatic hydroxyl groups is 1. The molecule has 0 spiro atoms. The van der Waals surface area contributed by atoms with Crippen LogP contribution >= 0.6 is 0 Å². The monoisotopic (exact) mass is 366 g/mol. The lowest BCUT2D eigenvalue weighted by Gasteiger charge is -2.29. The van der Waals surface area contributed by atoms with Crippen molar-refractivity contribution in [1.82, 2.24) is 0 Å². The van der Waals surface area contributed by atoms with Gasteiger partial charge in [0, 0.05) is 11.6 Å². The highest BCUT2D eigenvalue weighted by Gasteiger charge is 2.28. The summed E-state index contributed by atoms with van der Waals surface area (Å²) in [5.41, 5.74) is 0.814. The van der Waals surface area contributed by atoms with E-state index in [1.54, 1.807) is 25.3 Å². The van der Waals surface area contributed by atoms with Crippen LogP contribution in [0.1, 0.15) is 35.3 Å². The van der Waals surface area contributed by atoms with Crippen LogP contribution in [0.25, 0.3) is 12.2 Å². The Kier molecular flexibility index (Phi) is 4.95.